The highest BCUT2D eigenvalue weighted by Crippen LogP contribution is 2.34. The van der Waals surface area contributed by atoms with Crippen LogP contribution in [0.5, 0.6) is 0 Å². The molecule has 0 atom stereocenters. The van der Waals surface area contributed by atoms with Gasteiger partial charge < -0.3 is 10.0 Å². The Labute approximate surface area is 127 Å². The fourth-order valence-corrected chi connectivity index (χ4v) is 3.44. The Morgan fingerprint density at radius 1 is 1.43 bits per heavy atom. The second kappa shape index (κ2) is 5.93. The van der Waals surface area contributed by atoms with Gasteiger partial charge in [0.2, 0.25) is 0 Å². The summed E-state index contributed by atoms with van der Waals surface area (Å²) in [7, 11) is 0. The van der Waals surface area contributed by atoms with Crippen LogP contribution in [0.1, 0.15) is 30.6 Å². The van der Waals surface area contributed by atoms with Crippen molar-refractivity contribution in [1.29, 1.82) is 0 Å². The van der Waals surface area contributed by atoms with E-state index >= 15 is 0 Å². The number of aromatic carboxylic acids is 1. The molecule has 7 heteroatoms. The molecular formula is C14H18N2O4S. The second-order valence-electron chi connectivity index (χ2n) is 5.61. The number of thioether (sulfide) groups is 1. The first-order chi connectivity index (χ1) is 9.80. The minimum Gasteiger partial charge on any atom is -0.478 e. The monoisotopic (exact) mass is 310 g/mol. The van der Waals surface area contributed by atoms with Gasteiger partial charge in [0.1, 0.15) is 0 Å². The lowest BCUT2D eigenvalue weighted by atomic mass is 10.1. The van der Waals surface area contributed by atoms with Gasteiger partial charge in [0.15, 0.2) is 0 Å². The highest BCUT2D eigenvalue weighted by molar-refractivity contribution is 8.00. The molecule has 6 nitrogen and oxygen atoms in total. The molecule has 0 bridgehead atoms. The molecule has 0 amide bonds. The summed E-state index contributed by atoms with van der Waals surface area (Å²) in [6.07, 6.45) is 0.902. The Hall–Kier alpha value is -1.76. The number of nitro benzene ring substituents is 1. The lowest BCUT2D eigenvalue weighted by Gasteiger charge is -2.25. The summed E-state index contributed by atoms with van der Waals surface area (Å²) in [5, 5.41) is 20.2. The number of hydrogen-bond acceptors (Lipinski definition) is 5. The average molecular weight is 310 g/mol. The molecule has 114 valence electrons. The van der Waals surface area contributed by atoms with Gasteiger partial charge in [-0.25, -0.2) is 4.79 Å². The summed E-state index contributed by atoms with van der Waals surface area (Å²) >= 11 is 1.84. The van der Waals surface area contributed by atoms with Crippen LogP contribution in [0.2, 0.25) is 0 Å². The van der Waals surface area contributed by atoms with E-state index in [9.17, 15) is 20.0 Å². The highest BCUT2D eigenvalue weighted by atomic mass is 32.2. The van der Waals surface area contributed by atoms with Gasteiger partial charge >= 0.3 is 5.97 Å². The standard InChI is InChI=1S/C14H18N2O4S/c1-14(2)5-6-15(7-8-21-14)12-9-10(16(19)20)3-4-11(12)13(17)18/h3-4,9H,5-8H2,1-2H3,(H,17,18). The van der Waals surface area contributed by atoms with E-state index in [4.69, 9.17) is 0 Å². The second-order valence-corrected chi connectivity index (χ2v) is 7.41. The molecule has 2 rings (SSSR count). The van der Waals surface area contributed by atoms with Crippen LogP contribution < -0.4 is 4.90 Å². The molecule has 0 radical (unpaired) electrons. The lowest BCUT2D eigenvalue weighted by molar-refractivity contribution is -0.384. The van der Waals surface area contributed by atoms with E-state index in [1.807, 2.05) is 16.7 Å². The van der Waals surface area contributed by atoms with Gasteiger partial charge in [-0.1, -0.05) is 13.8 Å². The van der Waals surface area contributed by atoms with E-state index in [1.165, 1.54) is 18.2 Å². The number of carboxylic acids is 1. The number of nitro groups is 1. The smallest absolute Gasteiger partial charge is 0.337 e. The van der Waals surface area contributed by atoms with Gasteiger partial charge in [0.25, 0.3) is 5.69 Å². The summed E-state index contributed by atoms with van der Waals surface area (Å²) in [6.45, 7) is 5.70. The first-order valence-corrected chi connectivity index (χ1v) is 7.69. The number of carbonyl (C=O) groups is 1. The van der Waals surface area contributed by atoms with E-state index < -0.39 is 10.9 Å². The van der Waals surface area contributed by atoms with Crippen molar-refractivity contribution in [3.8, 4) is 0 Å². The van der Waals surface area contributed by atoms with Gasteiger partial charge in [-0.3, -0.25) is 10.1 Å². The summed E-state index contributed by atoms with van der Waals surface area (Å²) in [5.41, 5.74) is 0.478. The van der Waals surface area contributed by atoms with E-state index in [2.05, 4.69) is 13.8 Å². The van der Waals surface area contributed by atoms with Crippen LogP contribution in [0.3, 0.4) is 0 Å². The van der Waals surface area contributed by atoms with Crippen molar-refractivity contribution < 1.29 is 14.8 Å². The van der Waals surface area contributed by atoms with Crippen LogP contribution in [0.15, 0.2) is 18.2 Å². The molecule has 0 unspecified atom stereocenters. The average Bonchev–Trinajstić information content (AvgIpc) is 2.58. The minimum absolute atomic E-state index is 0.0776. The Bertz CT molecular complexity index is 574. The molecule has 0 aliphatic carbocycles. The van der Waals surface area contributed by atoms with Crippen LogP contribution in [0, 0.1) is 10.1 Å². The van der Waals surface area contributed by atoms with Crippen molar-refractivity contribution in [1.82, 2.24) is 0 Å². The van der Waals surface area contributed by atoms with Crippen LogP contribution in [-0.4, -0.2) is 39.6 Å². The minimum atomic E-state index is -1.06. The number of hydrogen-bond donors (Lipinski definition) is 1. The number of benzene rings is 1. The predicted octanol–water partition coefficient (Wildman–Crippen LogP) is 3.01. The van der Waals surface area contributed by atoms with E-state index in [1.54, 1.807) is 0 Å². The maximum absolute atomic E-state index is 11.4. The maximum Gasteiger partial charge on any atom is 0.337 e. The molecule has 21 heavy (non-hydrogen) atoms. The predicted molar refractivity (Wildman–Crippen MR) is 83.4 cm³/mol. The largest absolute Gasteiger partial charge is 0.478 e. The topological polar surface area (TPSA) is 83.7 Å². The number of nitrogens with zero attached hydrogens (tertiary/aromatic N) is 2. The Balaban J connectivity index is 2.38. The number of anilines is 1. The fraction of sp³-hybridized carbons (Fsp3) is 0.500. The summed E-state index contributed by atoms with van der Waals surface area (Å²) in [5.74, 6) is -0.189. The molecule has 1 aliphatic rings. The molecule has 0 spiro atoms. The van der Waals surface area contributed by atoms with Crippen molar-refractivity contribution in [3.05, 3.63) is 33.9 Å². The zero-order valence-electron chi connectivity index (χ0n) is 12.0. The van der Waals surface area contributed by atoms with Gasteiger partial charge in [0, 0.05) is 35.7 Å². The highest BCUT2D eigenvalue weighted by Gasteiger charge is 2.26. The zero-order chi connectivity index (χ0) is 15.6. The van der Waals surface area contributed by atoms with Crippen molar-refractivity contribution >= 4 is 29.1 Å². The van der Waals surface area contributed by atoms with Gasteiger partial charge in [-0.15, -0.1) is 0 Å². The summed E-state index contributed by atoms with van der Waals surface area (Å²) in [4.78, 5) is 23.7. The van der Waals surface area contributed by atoms with Crippen LogP contribution >= 0.6 is 11.8 Å². The number of carboxylic acid groups (broad SMARTS) is 1. The number of non-ortho nitro benzene ring substituents is 1. The van der Waals surface area contributed by atoms with Gasteiger partial charge in [-0.05, 0) is 12.5 Å². The van der Waals surface area contributed by atoms with Crippen molar-refractivity contribution in [2.75, 3.05) is 23.7 Å². The molecular weight excluding hydrogens is 292 g/mol. The first kappa shape index (κ1) is 15.6. The van der Waals surface area contributed by atoms with E-state index in [0.717, 1.165) is 12.2 Å². The molecule has 1 aromatic carbocycles. The van der Waals surface area contributed by atoms with Crippen molar-refractivity contribution in [2.45, 2.75) is 25.0 Å². The Morgan fingerprint density at radius 3 is 2.76 bits per heavy atom. The van der Waals surface area contributed by atoms with Crippen LogP contribution in [-0.2, 0) is 0 Å². The molecule has 1 N–H and O–H groups in total. The number of rotatable bonds is 3. The molecule has 0 saturated carbocycles. The summed E-state index contributed by atoms with van der Waals surface area (Å²) < 4.78 is 0.138. The normalized spacial score (nSPS) is 18.1. The Kier molecular flexibility index (Phi) is 4.41. The quantitative estimate of drug-likeness (QED) is 0.682. The third-order valence-electron chi connectivity index (χ3n) is 3.60. The molecule has 1 fully saturated rings. The van der Waals surface area contributed by atoms with Gasteiger partial charge in [-0.2, -0.15) is 11.8 Å². The van der Waals surface area contributed by atoms with Crippen LogP contribution in [0.25, 0.3) is 0 Å². The first-order valence-electron chi connectivity index (χ1n) is 6.71. The third kappa shape index (κ3) is 3.66. The molecule has 1 aromatic rings. The Morgan fingerprint density at radius 2 is 2.14 bits per heavy atom. The van der Waals surface area contributed by atoms with Crippen LogP contribution in [0.4, 0.5) is 11.4 Å². The van der Waals surface area contributed by atoms with E-state index in [-0.39, 0.29) is 16.0 Å². The molecule has 0 aromatic heterocycles. The molecule has 1 heterocycles. The maximum atomic E-state index is 11.4. The van der Waals surface area contributed by atoms with Crippen molar-refractivity contribution in [2.24, 2.45) is 0 Å². The fourth-order valence-electron chi connectivity index (χ4n) is 2.34. The zero-order valence-corrected chi connectivity index (χ0v) is 12.9. The van der Waals surface area contributed by atoms with E-state index in [0.29, 0.717) is 18.8 Å². The molecule has 1 aliphatic heterocycles. The summed E-state index contributed by atoms with van der Waals surface area (Å²) in [6, 6.07) is 3.93. The van der Waals surface area contributed by atoms with Crippen molar-refractivity contribution in [3.63, 3.8) is 0 Å². The lowest BCUT2D eigenvalue weighted by Crippen LogP contribution is -2.28. The van der Waals surface area contributed by atoms with Gasteiger partial charge in [0.05, 0.1) is 16.2 Å². The SMILES string of the molecule is CC1(C)CCN(c2cc([N+](=O)[O-])ccc2C(=O)O)CCS1. The molecule has 1 saturated heterocycles. The third-order valence-corrected chi connectivity index (χ3v) is 4.97.